The van der Waals surface area contributed by atoms with Gasteiger partial charge < -0.3 is 33.5 Å². The number of rotatable bonds is 12. The zero-order valence-corrected chi connectivity index (χ0v) is 27.0. The molecular formula is C41H44O7. The highest BCUT2D eigenvalue weighted by molar-refractivity contribution is 5.18. The van der Waals surface area contributed by atoms with E-state index in [1.807, 2.05) is 103 Å². The van der Waals surface area contributed by atoms with Crippen LogP contribution in [0.5, 0.6) is 0 Å². The third kappa shape index (κ3) is 7.90. The smallest absolute Gasteiger partial charge is 0.184 e. The summed E-state index contributed by atoms with van der Waals surface area (Å²) in [6.07, 6.45) is 1.41. The first-order valence-electron chi connectivity index (χ1n) is 17.0. The average molecular weight is 649 g/mol. The molecule has 3 aliphatic rings. The molecule has 2 fully saturated rings. The summed E-state index contributed by atoms with van der Waals surface area (Å²) in [6.45, 7) is 2.11. The molecule has 9 atom stereocenters. The highest BCUT2D eigenvalue weighted by atomic mass is 16.7. The van der Waals surface area contributed by atoms with Crippen LogP contribution in [0.2, 0.25) is 0 Å². The molecule has 1 saturated heterocycles. The largest absolute Gasteiger partial charge is 0.495 e. The standard InChI is InChI=1S/C41H44O7/c42-38-34(23-33-27-47-41(32-19-11-4-12-20-32)48-39(33)40(38)46-26-31-17-9-3-10-18-31)37-35(45-25-30-15-7-2-8-16-30)21-22-44-36(37)28-43-24-29-13-5-1-6-14-29/h1-22,33-42H,23-28H2/t33-,34-,35-,36-,37+,38-,39-,40-,41?/m1/s1. The van der Waals surface area contributed by atoms with Crippen molar-refractivity contribution in [2.75, 3.05) is 13.2 Å². The molecule has 7 heteroatoms. The molecule has 1 unspecified atom stereocenters. The van der Waals surface area contributed by atoms with Crippen molar-refractivity contribution in [3.8, 4) is 0 Å². The molecule has 4 aromatic rings. The van der Waals surface area contributed by atoms with Crippen LogP contribution in [0.1, 0.15) is 35.0 Å². The molecule has 2 aliphatic heterocycles. The van der Waals surface area contributed by atoms with Gasteiger partial charge in [0, 0.05) is 17.4 Å². The molecule has 1 aliphatic carbocycles. The van der Waals surface area contributed by atoms with Crippen molar-refractivity contribution >= 4 is 0 Å². The van der Waals surface area contributed by atoms with Crippen LogP contribution < -0.4 is 0 Å². The molecular weight excluding hydrogens is 604 g/mol. The number of fused-ring (bicyclic) bond motifs is 1. The van der Waals surface area contributed by atoms with E-state index < -0.39 is 18.5 Å². The fourth-order valence-electron chi connectivity index (χ4n) is 7.33. The summed E-state index contributed by atoms with van der Waals surface area (Å²) in [7, 11) is 0. The lowest BCUT2D eigenvalue weighted by Gasteiger charge is -2.52. The van der Waals surface area contributed by atoms with Gasteiger partial charge in [-0.2, -0.15) is 0 Å². The molecule has 7 nitrogen and oxygen atoms in total. The van der Waals surface area contributed by atoms with E-state index >= 15 is 0 Å². The Hall–Kier alpha value is -3.82. The van der Waals surface area contributed by atoms with Crippen molar-refractivity contribution in [1.29, 1.82) is 0 Å². The molecule has 4 aromatic carbocycles. The number of hydrogen-bond donors (Lipinski definition) is 1. The van der Waals surface area contributed by atoms with Crippen LogP contribution in [0.15, 0.2) is 134 Å². The van der Waals surface area contributed by atoms with Gasteiger partial charge in [0.25, 0.3) is 0 Å². The van der Waals surface area contributed by atoms with Crippen molar-refractivity contribution in [3.63, 3.8) is 0 Å². The van der Waals surface area contributed by atoms with Crippen molar-refractivity contribution in [2.45, 2.75) is 63.1 Å². The lowest BCUT2D eigenvalue weighted by atomic mass is 9.67. The van der Waals surface area contributed by atoms with E-state index in [1.165, 1.54) is 0 Å². The normalized spacial score (nSPS) is 29.9. The van der Waals surface area contributed by atoms with Crippen molar-refractivity contribution in [1.82, 2.24) is 0 Å². The average Bonchev–Trinajstić information content (AvgIpc) is 3.15. The topological polar surface area (TPSA) is 75.6 Å². The molecule has 7 rings (SSSR count). The molecule has 2 heterocycles. The number of hydrogen-bond acceptors (Lipinski definition) is 7. The SMILES string of the molecule is O[C@@H]1[C@@H]([C@H]2[C@H](OCc3ccccc3)C=CO[C@@H]2COCc2ccccc2)C[C@@H]2COC(c3ccccc3)O[C@H]2[C@@H]1OCc1ccccc1. The summed E-state index contributed by atoms with van der Waals surface area (Å²) in [5.74, 6) is -0.436. The number of aliphatic hydroxyl groups is 1. The minimum Gasteiger partial charge on any atom is -0.495 e. The van der Waals surface area contributed by atoms with Crippen LogP contribution in [0.25, 0.3) is 0 Å². The van der Waals surface area contributed by atoms with E-state index in [0.717, 1.165) is 22.3 Å². The summed E-state index contributed by atoms with van der Waals surface area (Å²) in [4.78, 5) is 0. The van der Waals surface area contributed by atoms with E-state index in [1.54, 1.807) is 6.26 Å². The van der Waals surface area contributed by atoms with Gasteiger partial charge in [-0.05, 0) is 35.1 Å². The molecule has 1 N–H and O–H groups in total. The Balaban J connectivity index is 1.15. The Morgan fingerprint density at radius 3 is 1.92 bits per heavy atom. The quantitative estimate of drug-likeness (QED) is 0.177. The predicted octanol–water partition coefficient (Wildman–Crippen LogP) is 7.01. The maximum Gasteiger partial charge on any atom is 0.184 e. The van der Waals surface area contributed by atoms with Gasteiger partial charge in [-0.3, -0.25) is 0 Å². The fourth-order valence-corrected chi connectivity index (χ4v) is 7.33. The Labute approximate surface area is 283 Å². The highest BCUT2D eigenvalue weighted by Crippen LogP contribution is 2.46. The first-order chi connectivity index (χ1) is 23.7. The molecule has 0 bridgehead atoms. The molecule has 0 spiro atoms. The Morgan fingerprint density at radius 2 is 1.27 bits per heavy atom. The van der Waals surface area contributed by atoms with Gasteiger partial charge in [-0.15, -0.1) is 0 Å². The van der Waals surface area contributed by atoms with E-state index in [-0.39, 0.29) is 36.1 Å². The second-order valence-electron chi connectivity index (χ2n) is 12.9. The number of benzene rings is 4. The summed E-state index contributed by atoms with van der Waals surface area (Å²) in [5.41, 5.74) is 4.17. The van der Waals surface area contributed by atoms with Crippen LogP contribution >= 0.6 is 0 Å². The zero-order chi connectivity index (χ0) is 32.5. The van der Waals surface area contributed by atoms with E-state index in [4.69, 9.17) is 28.4 Å². The van der Waals surface area contributed by atoms with Crippen LogP contribution in [0, 0.1) is 17.8 Å². The third-order valence-electron chi connectivity index (χ3n) is 9.74. The summed E-state index contributed by atoms with van der Waals surface area (Å²) in [6, 6.07) is 40.3. The molecule has 1 saturated carbocycles. The summed E-state index contributed by atoms with van der Waals surface area (Å²) >= 11 is 0. The Morgan fingerprint density at radius 1 is 0.688 bits per heavy atom. The van der Waals surface area contributed by atoms with Gasteiger partial charge in [0.2, 0.25) is 0 Å². The van der Waals surface area contributed by atoms with E-state index in [9.17, 15) is 5.11 Å². The molecule has 48 heavy (non-hydrogen) atoms. The van der Waals surface area contributed by atoms with Crippen molar-refractivity contribution in [3.05, 3.63) is 156 Å². The predicted molar refractivity (Wildman–Crippen MR) is 181 cm³/mol. The van der Waals surface area contributed by atoms with Gasteiger partial charge in [0.15, 0.2) is 6.29 Å². The highest BCUT2D eigenvalue weighted by Gasteiger charge is 2.54. The lowest BCUT2D eigenvalue weighted by Crippen LogP contribution is -2.60. The number of ether oxygens (including phenoxy) is 6. The molecule has 250 valence electrons. The van der Waals surface area contributed by atoms with Crippen LogP contribution in [-0.2, 0) is 48.2 Å². The van der Waals surface area contributed by atoms with Gasteiger partial charge >= 0.3 is 0 Å². The molecule has 0 aromatic heterocycles. The van der Waals surface area contributed by atoms with Crippen molar-refractivity contribution in [2.24, 2.45) is 17.8 Å². The monoisotopic (exact) mass is 648 g/mol. The summed E-state index contributed by atoms with van der Waals surface area (Å²) < 4.78 is 38.8. The second kappa shape index (κ2) is 16.1. The van der Waals surface area contributed by atoms with Gasteiger partial charge in [0.1, 0.15) is 12.2 Å². The van der Waals surface area contributed by atoms with E-state index in [2.05, 4.69) is 24.3 Å². The fraction of sp³-hybridized carbons (Fsp3) is 0.366. The Kier molecular flexibility index (Phi) is 10.9. The first kappa shape index (κ1) is 32.7. The Bertz CT molecular complexity index is 1550. The van der Waals surface area contributed by atoms with Gasteiger partial charge in [0.05, 0.1) is 57.6 Å². The maximum atomic E-state index is 12.4. The molecule has 0 radical (unpaired) electrons. The van der Waals surface area contributed by atoms with Crippen molar-refractivity contribution < 1.29 is 33.5 Å². The lowest BCUT2D eigenvalue weighted by molar-refractivity contribution is -0.301. The van der Waals surface area contributed by atoms with E-state index in [0.29, 0.717) is 39.5 Å². The van der Waals surface area contributed by atoms with Crippen LogP contribution in [0.4, 0.5) is 0 Å². The van der Waals surface area contributed by atoms with Gasteiger partial charge in [-0.1, -0.05) is 121 Å². The number of aliphatic hydroxyl groups excluding tert-OH is 1. The summed E-state index contributed by atoms with van der Waals surface area (Å²) in [5, 5.41) is 12.4. The minimum absolute atomic E-state index is 0.00528. The third-order valence-corrected chi connectivity index (χ3v) is 9.74. The van der Waals surface area contributed by atoms with Crippen LogP contribution in [0.3, 0.4) is 0 Å². The maximum absolute atomic E-state index is 12.4. The van der Waals surface area contributed by atoms with Gasteiger partial charge in [-0.25, -0.2) is 0 Å². The first-order valence-corrected chi connectivity index (χ1v) is 17.0. The minimum atomic E-state index is -0.843. The molecule has 0 amide bonds. The van der Waals surface area contributed by atoms with Crippen LogP contribution in [-0.4, -0.2) is 48.8 Å². The second-order valence-corrected chi connectivity index (χ2v) is 12.9. The zero-order valence-electron chi connectivity index (χ0n) is 27.0.